The molecule has 0 bridgehead atoms. The molecule has 18 heavy (non-hydrogen) atoms. The molecule has 1 heterocycles. The average Bonchev–Trinajstić information content (AvgIpc) is 2.62. The number of hydrogen-bond donors (Lipinski definition) is 1. The standard InChI is InChI=1S/C13H15FN2O2/c1-8-15-10(7-16(8)2)4-9-5-11(14)13(17)12(6-9)18-3/h4-6,17H,7H2,1-3H3. The molecule has 1 aliphatic rings. The number of aromatic hydroxyl groups is 1. The average molecular weight is 250 g/mol. The van der Waals surface area contributed by atoms with Gasteiger partial charge in [-0.15, -0.1) is 0 Å². The van der Waals surface area contributed by atoms with Crippen LogP contribution in [0.1, 0.15) is 12.5 Å². The van der Waals surface area contributed by atoms with Crippen LogP contribution in [0.15, 0.2) is 22.8 Å². The fraction of sp³-hybridized carbons (Fsp3) is 0.308. The van der Waals surface area contributed by atoms with Crippen LogP contribution in [0.2, 0.25) is 0 Å². The number of likely N-dealkylation sites (N-methyl/N-ethyl adjacent to an activating group) is 1. The van der Waals surface area contributed by atoms with E-state index in [1.54, 1.807) is 12.1 Å². The molecule has 1 aromatic rings. The van der Waals surface area contributed by atoms with Gasteiger partial charge in [0.1, 0.15) is 5.84 Å². The molecule has 1 N–H and O–H groups in total. The number of benzene rings is 1. The van der Waals surface area contributed by atoms with Gasteiger partial charge >= 0.3 is 0 Å². The molecule has 0 radical (unpaired) electrons. The molecular weight excluding hydrogens is 235 g/mol. The fourth-order valence-corrected chi connectivity index (χ4v) is 1.79. The van der Waals surface area contributed by atoms with E-state index in [0.717, 1.165) is 11.5 Å². The summed E-state index contributed by atoms with van der Waals surface area (Å²) < 4.78 is 18.4. The zero-order chi connectivity index (χ0) is 13.3. The van der Waals surface area contributed by atoms with Crippen molar-refractivity contribution < 1.29 is 14.2 Å². The van der Waals surface area contributed by atoms with Crippen molar-refractivity contribution in [3.8, 4) is 11.5 Å². The van der Waals surface area contributed by atoms with Crippen LogP contribution in [-0.2, 0) is 0 Å². The van der Waals surface area contributed by atoms with Gasteiger partial charge in [-0.2, -0.15) is 0 Å². The lowest BCUT2D eigenvalue weighted by atomic mass is 10.1. The number of phenolic OH excluding ortho intramolecular Hbond substituents is 1. The number of halogens is 1. The molecule has 0 atom stereocenters. The Bertz CT molecular complexity index is 538. The van der Waals surface area contributed by atoms with E-state index in [4.69, 9.17) is 4.74 Å². The highest BCUT2D eigenvalue weighted by molar-refractivity contribution is 5.84. The molecule has 1 aliphatic heterocycles. The number of methoxy groups -OCH3 is 1. The number of hydrogen-bond acceptors (Lipinski definition) is 4. The van der Waals surface area contributed by atoms with Crippen LogP contribution < -0.4 is 4.74 Å². The van der Waals surface area contributed by atoms with Gasteiger partial charge in [-0.25, -0.2) is 9.38 Å². The number of rotatable bonds is 2. The monoisotopic (exact) mass is 250 g/mol. The maximum atomic E-state index is 13.4. The molecule has 0 amide bonds. The fourth-order valence-electron chi connectivity index (χ4n) is 1.79. The zero-order valence-electron chi connectivity index (χ0n) is 10.6. The highest BCUT2D eigenvalue weighted by atomic mass is 19.1. The first-order valence-corrected chi connectivity index (χ1v) is 5.54. The van der Waals surface area contributed by atoms with Crippen LogP contribution in [0.5, 0.6) is 11.5 Å². The summed E-state index contributed by atoms with van der Waals surface area (Å²) in [5.41, 5.74) is 1.46. The maximum absolute atomic E-state index is 13.4. The van der Waals surface area contributed by atoms with E-state index in [1.165, 1.54) is 13.2 Å². The van der Waals surface area contributed by atoms with Crippen molar-refractivity contribution in [2.45, 2.75) is 6.92 Å². The summed E-state index contributed by atoms with van der Waals surface area (Å²) in [6, 6.07) is 2.84. The Balaban J connectivity index is 2.36. The highest BCUT2D eigenvalue weighted by Crippen LogP contribution is 2.31. The summed E-state index contributed by atoms with van der Waals surface area (Å²) >= 11 is 0. The highest BCUT2D eigenvalue weighted by Gasteiger charge is 2.14. The Kier molecular flexibility index (Phi) is 3.23. The second-order valence-electron chi connectivity index (χ2n) is 4.20. The van der Waals surface area contributed by atoms with Crippen LogP contribution in [0, 0.1) is 5.82 Å². The predicted octanol–water partition coefficient (Wildman–Crippen LogP) is 2.24. The minimum absolute atomic E-state index is 0.119. The lowest BCUT2D eigenvalue weighted by Crippen LogP contribution is -2.18. The van der Waals surface area contributed by atoms with Gasteiger partial charge in [-0.3, -0.25) is 0 Å². The van der Waals surface area contributed by atoms with E-state index in [1.807, 2.05) is 18.9 Å². The van der Waals surface area contributed by atoms with Crippen molar-refractivity contribution in [1.82, 2.24) is 4.90 Å². The lowest BCUT2D eigenvalue weighted by Gasteiger charge is -2.08. The largest absolute Gasteiger partial charge is 0.502 e. The Labute approximate surface area is 105 Å². The van der Waals surface area contributed by atoms with E-state index in [0.29, 0.717) is 12.1 Å². The smallest absolute Gasteiger partial charge is 0.194 e. The van der Waals surface area contributed by atoms with Gasteiger partial charge in [0, 0.05) is 7.05 Å². The quantitative estimate of drug-likeness (QED) is 0.875. The molecule has 0 spiro atoms. The Morgan fingerprint density at radius 2 is 2.22 bits per heavy atom. The normalized spacial score (nSPS) is 17.2. The van der Waals surface area contributed by atoms with Crippen molar-refractivity contribution in [3.63, 3.8) is 0 Å². The molecule has 5 heteroatoms. The van der Waals surface area contributed by atoms with Crippen LogP contribution in [-0.4, -0.2) is 36.5 Å². The SMILES string of the molecule is COc1cc(C=C2CN(C)C(C)=N2)cc(F)c1O. The van der Waals surface area contributed by atoms with Crippen LogP contribution in [0.25, 0.3) is 6.08 Å². The maximum Gasteiger partial charge on any atom is 0.194 e. The number of ether oxygens (including phenoxy) is 1. The van der Waals surface area contributed by atoms with Gasteiger partial charge < -0.3 is 14.7 Å². The van der Waals surface area contributed by atoms with E-state index in [9.17, 15) is 9.50 Å². The second-order valence-corrected chi connectivity index (χ2v) is 4.20. The van der Waals surface area contributed by atoms with Crippen molar-refractivity contribution in [2.24, 2.45) is 4.99 Å². The molecular formula is C13H15FN2O2. The molecule has 1 aromatic carbocycles. The minimum atomic E-state index is -0.701. The second kappa shape index (κ2) is 4.68. The van der Waals surface area contributed by atoms with Crippen molar-refractivity contribution in [2.75, 3.05) is 20.7 Å². The molecule has 0 unspecified atom stereocenters. The first-order chi connectivity index (χ1) is 8.51. The van der Waals surface area contributed by atoms with Crippen LogP contribution in [0.4, 0.5) is 4.39 Å². The molecule has 2 rings (SSSR count). The Morgan fingerprint density at radius 3 is 2.78 bits per heavy atom. The molecule has 0 fully saturated rings. The van der Waals surface area contributed by atoms with Crippen LogP contribution >= 0.6 is 0 Å². The first-order valence-electron chi connectivity index (χ1n) is 5.54. The number of phenols is 1. The third-order valence-corrected chi connectivity index (χ3v) is 2.86. The third kappa shape index (κ3) is 2.30. The summed E-state index contributed by atoms with van der Waals surface area (Å²) in [5, 5.41) is 9.41. The Hall–Kier alpha value is -2.04. The molecule has 0 saturated carbocycles. The lowest BCUT2D eigenvalue weighted by molar-refractivity contribution is 0.357. The number of nitrogens with zero attached hydrogens (tertiary/aromatic N) is 2. The van der Waals surface area contributed by atoms with Crippen LogP contribution in [0.3, 0.4) is 0 Å². The summed E-state index contributed by atoms with van der Waals surface area (Å²) in [6.07, 6.45) is 1.78. The van der Waals surface area contributed by atoms with Gasteiger partial charge in [0.25, 0.3) is 0 Å². The summed E-state index contributed by atoms with van der Waals surface area (Å²) in [4.78, 5) is 6.35. The molecule has 96 valence electrons. The number of aliphatic imine (C=N–C) groups is 1. The van der Waals surface area contributed by atoms with Gasteiger partial charge in [0.05, 0.1) is 19.4 Å². The van der Waals surface area contributed by atoms with E-state index >= 15 is 0 Å². The predicted molar refractivity (Wildman–Crippen MR) is 68.3 cm³/mol. The van der Waals surface area contributed by atoms with E-state index in [2.05, 4.69) is 4.99 Å². The number of amidine groups is 1. The van der Waals surface area contributed by atoms with E-state index < -0.39 is 11.6 Å². The van der Waals surface area contributed by atoms with Crippen molar-refractivity contribution >= 4 is 11.9 Å². The van der Waals surface area contributed by atoms with Crippen molar-refractivity contribution in [1.29, 1.82) is 0 Å². The summed E-state index contributed by atoms with van der Waals surface area (Å²) in [7, 11) is 3.33. The molecule has 0 aromatic heterocycles. The van der Waals surface area contributed by atoms with Crippen molar-refractivity contribution in [3.05, 3.63) is 29.2 Å². The summed E-state index contributed by atoms with van der Waals surface area (Å²) in [6.45, 7) is 2.61. The third-order valence-electron chi connectivity index (χ3n) is 2.86. The molecule has 0 aliphatic carbocycles. The summed E-state index contributed by atoms with van der Waals surface area (Å²) in [5.74, 6) is -0.127. The van der Waals surface area contributed by atoms with Gasteiger partial charge in [-0.05, 0) is 30.7 Å². The molecule has 0 saturated heterocycles. The Morgan fingerprint density at radius 1 is 1.50 bits per heavy atom. The van der Waals surface area contributed by atoms with Gasteiger partial charge in [0.15, 0.2) is 17.3 Å². The topological polar surface area (TPSA) is 45.1 Å². The van der Waals surface area contributed by atoms with E-state index in [-0.39, 0.29) is 5.75 Å². The first kappa shape index (κ1) is 12.4. The molecule has 4 nitrogen and oxygen atoms in total. The zero-order valence-corrected chi connectivity index (χ0v) is 10.6. The van der Waals surface area contributed by atoms with Gasteiger partial charge in [-0.1, -0.05) is 0 Å². The minimum Gasteiger partial charge on any atom is -0.502 e. The van der Waals surface area contributed by atoms with Gasteiger partial charge in [0.2, 0.25) is 0 Å².